The Balaban J connectivity index is 3.43. The van der Waals surface area contributed by atoms with E-state index in [-0.39, 0.29) is 6.42 Å². The third-order valence-electron chi connectivity index (χ3n) is 2.00. The number of rotatable bonds is 9. The maximum Gasteiger partial charge on any atom is 0.305 e. The number of carboxylic acids is 1. The molecule has 0 aliphatic rings. The van der Waals surface area contributed by atoms with Gasteiger partial charge in [-0.1, -0.05) is 26.2 Å². The Morgan fingerprint density at radius 1 is 1.43 bits per heavy atom. The molecule has 14 heavy (non-hydrogen) atoms. The van der Waals surface area contributed by atoms with Gasteiger partial charge in [0.25, 0.3) is 0 Å². The predicted octanol–water partition coefficient (Wildman–Crippen LogP) is 1.20. The van der Waals surface area contributed by atoms with Crippen molar-refractivity contribution in [1.82, 2.24) is 5.32 Å². The third kappa shape index (κ3) is 7.73. The van der Waals surface area contributed by atoms with Crippen LogP contribution in [0.25, 0.3) is 0 Å². The van der Waals surface area contributed by atoms with Crippen LogP contribution in [-0.4, -0.2) is 29.9 Å². The fourth-order valence-corrected chi connectivity index (χ4v) is 1.20. The van der Waals surface area contributed by atoms with E-state index in [1.54, 1.807) is 0 Å². The topological polar surface area (TPSA) is 66.4 Å². The van der Waals surface area contributed by atoms with E-state index >= 15 is 0 Å². The first-order chi connectivity index (χ1) is 6.70. The zero-order chi connectivity index (χ0) is 10.8. The number of carboxylic acid groups (broad SMARTS) is 1. The van der Waals surface area contributed by atoms with Gasteiger partial charge in [-0.25, -0.2) is 0 Å². The molecule has 0 aliphatic heterocycles. The molecule has 0 spiro atoms. The third-order valence-corrected chi connectivity index (χ3v) is 2.00. The standard InChI is InChI=1S/C10H19NO3/c1-2-3-4-5-6-11-9(8-12)7-10(13)14/h8-9,11H,2-7H2,1H3,(H,13,14). The minimum Gasteiger partial charge on any atom is -0.481 e. The summed E-state index contributed by atoms with van der Waals surface area (Å²) in [6.45, 7) is 2.85. The summed E-state index contributed by atoms with van der Waals surface area (Å²) in [6, 6.07) is -0.533. The van der Waals surface area contributed by atoms with Crippen molar-refractivity contribution in [2.75, 3.05) is 6.54 Å². The Hall–Kier alpha value is -0.900. The summed E-state index contributed by atoms with van der Waals surface area (Å²) in [5.41, 5.74) is 0. The van der Waals surface area contributed by atoms with Crippen LogP contribution in [0.4, 0.5) is 0 Å². The van der Waals surface area contributed by atoms with Crippen LogP contribution in [-0.2, 0) is 9.59 Å². The molecule has 0 saturated carbocycles. The van der Waals surface area contributed by atoms with Crippen LogP contribution in [0.5, 0.6) is 0 Å². The zero-order valence-corrected chi connectivity index (χ0v) is 8.66. The first-order valence-electron chi connectivity index (χ1n) is 5.11. The van der Waals surface area contributed by atoms with Gasteiger partial charge in [-0.3, -0.25) is 4.79 Å². The molecule has 0 radical (unpaired) electrons. The normalized spacial score (nSPS) is 12.4. The molecule has 0 aliphatic carbocycles. The first-order valence-corrected chi connectivity index (χ1v) is 5.11. The lowest BCUT2D eigenvalue weighted by Crippen LogP contribution is -2.33. The minimum absolute atomic E-state index is 0.128. The highest BCUT2D eigenvalue weighted by atomic mass is 16.4. The molecule has 2 N–H and O–H groups in total. The van der Waals surface area contributed by atoms with E-state index in [9.17, 15) is 9.59 Å². The molecule has 0 heterocycles. The SMILES string of the molecule is CCCCCCNC(C=O)CC(=O)O. The van der Waals surface area contributed by atoms with Gasteiger partial charge in [0.2, 0.25) is 0 Å². The molecule has 0 fully saturated rings. The van der Waals surface area contributed by atoms with Crippen molar-refractivity contribution in [2.24, 2.45) is 0 Å². The number of unbranched alkanes of at least 4 members (excludes halogenated alkanes) is 3. The second-order valence-electron chi connectivity index (χ2n) is 3.36. The maximum absolute atomic E-state index is 10.4. The lowest BCUT2D eigenvalue weighted by Gasteiger charge is -2.09. The van der Waals surface area contributed by atoms with E-state index in [1.807, 2.05) is 0 Å². The largest absolute Gasteiger partial charge is 0.481 e. The average Bonchev–Trinajstić information content (AvgIpc) is 2.15. The predicted molar refractivity (Wildman–Crippen MR) is 54.2 cm³/mol. The molecule has 82 valence electrons. The molecule has 4 heteroatoms. The Morgan fingerprint density at radius 3 is 2.64 bits per heavy atom. The summed E-state index contributed by atoms with van der Waals surface area (Å²) >= 11 is 0. The van der Waals surface area contributed by atoms with Crippen molar-refractivity contribution >= 4 is 12.3 Å². The van der Waals surface area contributed by atoms with Gasteiger partial charge < -0.3 is 15.2 Å². The van der Waals surface area contributed by atoms with Gasteiger partial charge in [0, 0.05) is 0 Å². The van der Waals surface area contributed by atoms with Crippen molar-refractivity contribution in [2.45, 2.75) is 45.1 Å². The summed E-state index contributed by atoms with van der Waals surface area (Å²) in [7, 11) is 0. The van der Waals surface area contributed by atoms with Crippen LogP contribution in [0.15, 0.2) is 0 Å². The van der Waals surface area contributed by atoms with E-state index in [0.29, 0.717) is 6.29 Å². The van der Waals surface area contributed by atoms with Crippen molar-refractivity contribution in [3.8, 4) is 0 Å². The molecule has 0 aromatic rings. The number of aldehydes is 1. The van der Waals surface area contributed by atoms with Gasteiger partial charge in [-0.2, -0.15) is 0 Å². The molecule has 0 saturated heterocycles. The highest BCUT2D eigenvalue weighted by Gasteiger charge is 2.10. The van der Waals surface area contributed by atoms with Crippen molar-refractivity contribution in [3.63, 3.8) is 0 Å². The Labute approximate surface area is 84.7 Å². The molecular weight excluding hydrogens is 182 g/mol. The number of hydrogen-bond donors (Lipinski definition) is 2. The lowest BCUT2D eigenvalue weighted by molar-refractivity contribution is -0.138. The van der Waals surface area contributed by atoms with E-state index in [0.717, 1.165) is 19.4 Å². The maximum atomic E-state index is 10.4. The zero-order valence-electron chi connectivity index (χ0n) is 8.66. The van der Waals surface area contributed by atoms with Crippen LogP contribution in [0.3, 0.4) is 0 Å². The highest BCUT2D eigenvalue weighted by Crippen LogP contribution is 1.98. The summed E-state index contributed by atoms with van der Waals surface area (Å²) in [6.07, 6.45) is 5.02. The summed E-state index contributed by atoms with van der Waals surface area (Å²) < 4.78 is 0. The van der Waals surface area contributed by atoms with E-state index in [4.69, 9.17) is 5.11 Å². The minimum atomic E-state index is -0.942. The van der Waals surface area contributed by atoms with E-state index in [1.165, 1.54) is 12.8 Å². The molecule has 1 atom stereocenters. The van der Waals surface area contributed by atoms with Crippen LogP contribution < -0.4 is 5.32 Å². The highest BCUT2D eigenvalue weighted by molar-refractivity contribution is 5.73. The number of nitrogens with one attached hydrogen (secondary N) is 1. The van der Waals surface area contributed by atoms with E-state index < -0.39 is 12.0 Å². The molecule has 0 aromatic heterocycles. The molecule has 0 amide bonds. The summed E-state index contributed by atoms with van der Waals surface area (Å²) in [4.78, 5) is 20.7. The van der Waals surface area contributed by atoms with Gasteiger partial charge in [0.05, 0.1) is 12.5 Å². The molecular formula is C10H19NO3. The Morgan fingerprint density at radius 2 is 2.14 bits per heavy atom. The fourth-order valence-electron chi connectivity index (χ4n) is 1.20. The average molecular weight is 201 g/mol. The number of carbonyl (C=O) groups excluding carboxylic acids is 1. The molecule has 0 aromatic carbocycles. The molecule has 1 unspecified atom stereocenters. The van der Waals surface area contributed by atoms with Gasteiger partial charge in [0.15, 0.2) is 0 Å². The number of aliphatic carboxylic acids is 1. The van der Waals surface area contributed by atoms with Crippen molar-refractivity contribution in [3.05, 3.63) is 0 Å². The summed E-state index contributed by atoms with van der Waals surface area (Å²) in [5.74, 6) is -0.942. The second kappa shape index (κ2) is 8.69. The Kier molecular flexibility index (Phi) is 8.13. The van der Waals surface area contributed by atoms with E-state index in [2.05, 4.69) is 12.2 Å². The molecule has 0 bridgehead atoms. The summed E-state index contributed by atoms with van der Waals surface area (Å²) in [5, 5.41) is 11.4. The van der Waals surface area contributed by atoms with Gasteiger partial charge in [0.1, 0.15) is 6.29 Å². The Bertz CT molecular complexity index is 171. The van der Waals surface area contributed by atoms with Gasteiger partial charge in [-0.05, 0) is 13.0 Å². The molecule has 4 nitrogen and oxygen atoms in total. The first kappa shape index (κ1) is 13.1. The fraction of sp³-hybridized carbons (Fsp3) is 0.800. The van der Waals surface area contributed by atoms with Crippen LogP contribution >= 0.6 is 0 Å². The van der Waals surface area contributed by atoms with Crippen LogP contribution in [0, 0.1) is 0 Å². The number of hydrogen-bond acceptors (Lipinski definition) is 3. The van der Waals surface area contributed by atoms with Crippen molar-refractivity contribution in [1.29, 1.82) is 0 Å². The van der Waals surface area contributed by atoms with Gasteiger partial charge >= 0.3 is 5.97 Å². The monoisotopic (exact) mass is 201 g/mol. The molecule has 0 rings (SSSR count). The smallest absolute Gasteiger partial charge is 0.305 e. The number of carbonyl (C=O) groups is 2. The van der Waals surface area contributed by atoms with Crippen LogP contribution in [0.1, 0.15) is 39.0 Å². The van der Waals surface area contributed by atoms with Crippen LogP contribution in [0.2, 0.25) is 0 Å². The van der Waals surface area contributed by atoms with Crippen molar-refractivity contribution < 1.29 is 14.7 Å². The quantitative estimate of drug-likeness (QED) is 0.434. The second-order valence-corrected chi connectivity index (χ2v) is 3.36. The lowest BCUT2D eigenvalue weighted by atomic mass is 10.2. The van der Waals surface area contributed by atoms with Gasteiger partial charge in [-0.15, -0.1) is 0 Å².